The van der Waals surface area contributed by atoms with Gasteiger partial charge in [0, 0.05) is 24.7 Å². The molecule has 1 aromatic carbocycles. The summed E-state index contributed by atoms with van der Waals surface area (Å²) in [6.07, 6.45) is 2.69. The highest BCUT2D eigenvalue weighted by molar-refractivity contribution is 5.88. The lowest BCUT2D eigenvalue weighted by Crippen LogP contribution is -2.39. The molecule has 1 fully saturated rings. The van der Waals surface area contributed by atoms with Crippen molar-refractivity contribution in [1.29, 1.82) is 0 Å². The van der Waals surface area contributed by atoms with Gasteiger partial charge in [-0.2, -0.15) is 0 Å². The zero-order valence-corrected chi connectivity index (χ0v) is 12.3. The molecule has 0 heterocycles. The largest absolute Gasteiger partial charge is 0.337 e. The molecule has 20 heavy (non-hydrogen) atoms. The van der Waals surface area contributed by atoms with Crippen LogP contribution >= 0.6 is 0 Å². The van der Waals surface area contributed by atoms with Crippen LogP contribution in [0, 0.1) is 0 Å². The Morgan fingerprint density at radius 2 is 1.85 bits per heavy atom. The number of rotatable bonds is 5. The summed E-state index contributed by atoms with van der Waals surface area (Å²) in [5, 5.41) is 2.72. The Kier molecular flexibility index (Phi) is 4.42. The smallest absolute Gasteiger partial charge is 0.227 e. The first-order valence-corrected chi connectivity index (χ1v) is 7.15. The van der Waals surface area contributed by atoms with Crippen LogP contribution in [0.3, 0.4) is 0 Å². The summed E-state index contributed by atoms with van der Waals surface area (Å²) in [5.41, 5.74) is 1.74. The fourth-order valence-electron chi connectivity index (χ4n) is 2.44. The Morgan fingerprint density at radius 1 is 1.25 bits per heavy atom. The van der Waals surface area contributed by atoms with Gasteiger partial charge >= 0.3 is 0 Å². The van der Waals surface area contributed by atoms with E-state index in [1.165, 1.54) is 6.92 Å². The van der Waals surface area contributed by atoms with Gasteiger partial charge in [-0.05, 0) is 44.4 Å². The van der Waals surface area contributed by atoms with Crippen molar-refractivity contribution in [2.75, 3.05) is 5.32 Å². The van der Waals surface area contributed by atoms with Crippen LogP contribution in [0.25, 0.3) is 0 Å². The van der Waals surface area contributed by atoms with Gasteiger partial charge in [0.05, 0.1) is 6.42 Å². The molecule has 1 aromatic rings. The third kappa shape index (κ3) is 3.83. The van der Waals surface area contributed by atoms with E-state index in [0.29, 0.717) is 12.5 Å². The lowest BCUT2D eigenvalue weighted by atomic mass is 10.1. The van der Waals surface area contributed by atoms with Crippen LogP contribution in [0.4, 0.5) is 5.69 Å². The quantitative estimate of drug-likeness (QED) is 0.897. The van der Waals surface area contributed by atoms with Crippen molar-refractivity contribution < 1.29 is 9.59 Å². The molecule has 1 N–H and O–H groups in total. The van der Waals surface area contributed by atoms with Crippen LogP contribution in [0.1, 0.15) is 39.2 Å². The molecule has 1 aliphatic carbocycles. The third-order valence-electron chi connectivity index (χ3n) is 3.41. The van der Waals surface area contributed by atoms with E-state index in [2.05, 4.69) is 19.2 Å². The molecule has 0 spiro atoms. The average molecular weight is 274 g/mol. The Bertz CT molecular complexity index is 488. The maximum Gasteiger partial charge on any atom is 0.227 e. The lowest BCUT2D eigenvalue weighted by Gasteiger charge is -2.26. The highest BCUT2D eigenvalue weighted by Crippen LogP contribution is 2.29. The summed E-state index contributed by atoms with van der Waals surface area (Å²) in [4.78, 5) is 25.3. The Hall–Kier alpha value is -1.84. The number of hydrogen-bond acceptors (Lipinski definition) is 2. The topological polar surface area (TPSA) is 49.4 Å². The monoisotopic (exact) mass is 274 g/mol. The van der Waals surface area contributed by atoms with Crippen LogP contribution in [-0.4, -0.2) is 28.8 Å². The molecule has 2 rings (SSSR count). The normalized spacial score (nSPS) is 14.2. The zero-order chi connectivity index (χ0) is 14.7. The van der Waals surface area contributed by atoms with E-state index >= 15 is 0 Å². The van der Waals surface area contributed by atoms with Gasteiger partial charge in [-0.3, -0.25) is 9.59 Å². The number of benzene rings is 1. The van der Waals surface area contributed by atoms with Gasteiger partial charge in [0.25, 0.3) is 0 Å². The highest BCUT2D eigenvalue weighted by Gasteiger charge is 2.33. The maximum atomic E-state index is 12.4. The van der Waals surface area contributed by atoms with Crippen LogP contribution in [0.5, 0.6) is 0 Å². The molecule has 2 amide bonds. The van der Waals surface area contributed by atoms with Crippen molar-refractivity contribution in [1.82, 2.24) is 4.90 Å². The van der Waals surface area contributed by atoms with Crippen molar-refractivity contribution in [2.45, 2.75) is 52.1 Å². The minimum atomic E-state index is -0.0893. The molecule has 0 saturated heterocycles. The highest BCUT2D eigenvalue weighted by atomic mass is 16.2. The minimum absolute atomic E-state index is 0.0893. The van der Waals surface area contributed by atoms with E-state index in [1.807, 2.05) is 29.2 Å². The van der Waals surface area contributed by atoms with E-state index < -0.39 is 0 Å². The maximum absolute atomic E-state index is 12.4. The number of carbonyl (C=O) groups excluding carboxylic acids is 2. The predicted octanol–water partition coefficient (Wildman–Crippen LogP) is 2.59. The summed E-state index contributed by atoms with van der Waals surface area (Å²) < 4.78 is 0. The second kappa shape index (κ2) is 6.07. The zero-order valence-electron chi connectivity index (χ0n) is 12.3. The first kappa shape index (κ1) is 14.6. The van der Waals surface area contributed by atoms with Crippen molar-refractivity contribution >= 4 is 17.5 Å². The minimum Gasteiger partial charge on any atom is -0.337 e. The summed E-state index contributed by atoms with van der Waals surface area (Å²) >= 11 is 0. The molecule has 0 atom stereocenters. The van der Waals surface area contributed by atoms with E-state index in [9.17, 15) is 9.59 Å². The first-order chi connectivity index (χ1) is 9.47. The number of nitrogens with one attached hydrogen (secondary N) is 1. The van der Waals surface area contributed by atoms with E-state index in [0.717, 1.165) is 24.1 Å². The predicted molar refractivity (Wildman–Crippen MR) is 79.5 cm³/mol. The molecular weight excluding hydrogens is 252 g/mol. The molecule has 0 bridgehead atoms. The third-order valence-corrected chi connectivity index (χ3v) is 3.41. The van der Waals surface area contributed by atoms with Gasteiger partial charge in [0.1, 0.15) is 0 Å². The molecule has 0 aliphatic heterocycles. The van der Waals surface area contributed by atoms with Crippen molar-refractivity contribution in [3.63, 3.8) is 0 Å². The SMILES string of the molecule is CC(=O)Nc1ccc(CC(=O)N(C(C)C)C2CC2)cc1. The molecule has 0 radical (unpaired) electrons. The number of hydrogen-bond donors (Lipinski definition) is 1. The molecule has 1 saturated carbocycles. The van der Waals surface area contributed by atoms with E-state index in [-0.39, 0.29) is 17.9 Å². The van der Waals surface area contributed by atoms with Gasteiger partial charge in [-0.25, -0.2) is 0 Å². The molecule has 108 valence electrons. The van der Waals surface area contributed by atoms with Gasteiger partial charge in [0.2, 0.25) is 11.8 Å². The number of nitrogens with zero attached hydrogens (tertiary/aromatic N) is 1. The first-order valence-electron chi connectivity index (χ1n) is 7.15. The van der Waals surface area contributed by atoms with Crippen molar-refractivity contribution in [2.24, 2.45) is 0 Å². The molecule has 0 unspecified atom stereocenters. The second-order valence-corrected chi connectivity index (χ2v) is 5.68. The van der Waals surface area contributed by atoms with E-state index in [4.69, 9.17) is 0 Å². The van der Waals surface area contributed by atoms with Crippen LogP contribution in [0.2, 0.25) is 0 Å². The summed E-state index contributed by atoms with van der Waals surface area (Å²) in [6.45, 7) is 5.61. The average Bonchev–Trinajstić information content (AvgIpc) is 3.15. The fourth-order valence-corrected chi connectivity index (χ4v) is 2.44. The number of anilines is 1. The molecular formula is C16H22N2O2. The Labute approximate surface area is 120 Å². The van der Waals surface area contributed by atoms with Gasteiger partial charge < -0.3 is 10.2 Å². The molecule has 4 heteroatoms. The number of amides is 2. The second-order valence-electron chi connectivity index (χ2n) is 5.68. The Balaban J connectivity index is 1.98. The fraction of sp³-hybridized carbons (Fsp3) is 0.500. The van der Waals surface area contributed by atoms with E-state index in [1.54, 1.807) is 0 Å². The summed E-state index contributed by atoms with van der Waals surface area (Å²) in [6, 6.07) is 8.17. The van der Waals surface area contributed by atoms with Gasteiger partial charge in [-0.1, -0.05) is 12.1 Å². The van der Waals surface area contributed by atoms with Crippen LogP contribution < -0.4 is 5.32 Å². The number of carbonyl (C=O) groups is 2. The molecule has 1 aliphatic rings. The van der Waals surface area contributed by atoms with Crippen molar-refractivity contribution in [3.8, 4) is 0 Å². The van der Waals surface area contributed by atoms with Crippen molar-refractivity contribution in [3.05, 3.63) is 29.8 Å². The molecule has 0 aromatic heterocycles. The van der Waals surface area contributed by atoms with Crippen LogP contribution in [0.15, 0.2) is 24.3 Å². The summed E-state index contributed by atoms with van der Waals surface area (Å²) in [7, 11) is 0. The molecule has 4 nitrogen and oxygen atoms in total. The Morgan fingerprint density at radius 3 is 2.30 bits per heavy atom. The lowest BCUT2D eigenvalue weighted by molar-refractivity contribution is -0.132. The van der Waals surface area contributed by atoms with Crippen LogP contribution in [-0.2, 0) is 16.0 Å². The standard InChI is InChI=1S/C16H22N2O2/c1-11(2)18(15-8-9-15)16(20)10-13-4-6-14(7-5-13)17-12(3)19/h4-7,11,15H,8-10H2,1-3H3,(H,17,19). The van der Waals surface area contributed by atoms with Gasteiger partial charge in [0.15, 0.2) is 0 Å². The van der Waals surface area contributed by atoms with Gasteiger partial charge in [-0.15, -0.1) is 0 Å². The summed E-state index contributed by atoms with van der Waals surface area (Å²) in [5.74, 6) is 0.100.